The van der Waals surface area contributed by atoms with Crippen molar-refractivity contribution >= 4 is 16.6 Å². The molecule has 5 heteroatoms. The van der Waals surface area contributed by atoms with Crippen molar-refractivity contribution in [1.82, 2.24) is 4.98 Å². The van der Waals surface area contributed by atoms with E-state index >= 15 is 0 Å². The fraction of sp³-hybridized carbons (Fsp3) is 0.583. The smallest absolute Gasteiger partial charge is 0.168 e. The molecule has 4 nitrogen and oxygen atoms in total. The Kier molecular flexibility index (Phi) is 5.97. The number of nitrogens with zero attached hydrogens (tertiary/aromatic N) is 1. The molecule has 0 saturated carbocycles. The first-order valence-corrected chi connectivity index (χ1v) is 7.41. The second-order valence-electron chi connectivity index (χ2n) is 3.89. The van der Waals surface area contributed by atoms with Crippen LogP contribution in [0, 0.1) is 0 Å². The van der Waals surface area contributed by atoms with E-state index in [2.05, 4.69) is 17.2 Å². The first kappa shape index (κ1) is 14.0. The van der Waals surface area contributed by atoms with Gasteiger partial charge in [0.05, 0.1) is 6.61 Å². The van der Waals surface area contributed by atoms with E-state index in [-0.39, 0.29) is 5.25 Å². The highest BCUT2D eigenvalue weighted by Crippen LogP contribution is 2.20. The predicted octanol–water partition coefficient (Wildman–Crippen LogP) is 2.05. The van der Waals surface area contributed by atoms with E-state index in [0.29, 0.717) is 13.2 Å². The number of nitrogens with one attached hydrogen (secondary N) is 1. The van der Waals surface area contributed by atoms with Crippen molar-refractivity contribution in [3.05, 3.63) is 18.3 Å². The molecular weight excluding hydrogens is 236 g/mol. The third kappa shape index (κ3) is 4.73. The molecule has 0 radical (unpaired) electrons. The lowest BCUT2D eigenvalue weighted by Crippen LogP contribution is -2.21. The van der Waals surface area contributed by atoms with E-state index in [0.717, 1.165) is 18.0 Å². The minimum atomic E-state index is -0.827. The number of hydrogen-bond acceptors (Lipinski definition) is 4. The predicted molar refractivity (Wildman–Crippen MR) is 72.0 cm³/mol. The van der Waals surface area contributed by atoms with Crippen LogP contribution in [-0.4, -0.2) is 33.9 Å². The molecule has 0 spiro atoms. The number of hydrogen-bond donors (Lipinski definition) is 1. The van der Waals surface area contributed by atoms with E-state index < -0.39 is 10.8 Å². The topological polar surface area (TPSA) is 51.2 Å². The highest BCUT2D eigenvalue weighted by molar-refractivity contribution is 7.84. The molecule has 0 fully saturated rings. The molecule has 2 unspecified atom stereocenters. The molecule has 0 amide bonds. The lowest BCUT2D eigenvalue weighted by atomic mass is 10.4. The van der Waals surface area contributed by atoms with Crippen LogP contribution in [0.25, 0.3) is 0 Å². The van der Waals surface area contributed by atoms with Gasteiger partial charge in [0.15, 0.2) is 11.6 Å². The zero-order valence-electron chi connectivity index (χ0n) is 10.6. The quantitative estimate of drug-likeness (QED) is 0.811. The molecule has 0 aliphatic rings. The van der Waals surface area contributed by atoms with Crippen molar-refractivity contribution < 1.29 is 8.95 Å². The number of rotatable bonds is 7. The van der Waals surface area contributed by atoms with Crippen molar-refractivity contribution in [2.45, 2.75) is 25.5 Å². The van der Waals surface area contributed by atoms with Crippen LogP contribution in [0.4, 0.5) is 5.82 Å². The van der Waals surface area contributed by atoms with E-state index in [1.807, 2.05) is 19.1 Å². The highest BCUT2D eigenvalue weighted by atomic mass is 32.2. The Bertz CT molecular complexity index is 371. The lowest BCUT2D eigenvalue weighted by Gasteiger charge is -2.13. The van der Waals surface area contributed by atoms with Gasteiger partial charge < -0.3 is 10.1 Å². The molecule has 1 heterocycles. The fourth-order valence-electron chi connectivity index (χ4n) is 1.21. The first-order chi connectivity index (χ1) is 8.15. The van der Waals surface area contributed by atoms with Crippen LogP contribution < -0.4 is 10.1 Å². The summed E-state index contributed by atoms with van der Waals surface area (Å²) < 4.78 is 16.8. The van der Waals surface area contributed by atoms with Crippen LogP contribution in [0.3, 0.4) is 0 Å². The Balaban J connectivity index is 2.60. The summed E-state index contributed by atoms with van der Waals surface area (Å²) in [7, 11) is -0.827. The van der Waals surface area contributed by atoms with E-state index in [4.69, 9.17) is 4.74 Å². The minimum Gasteiger partial charge on any atom is -0.490 e. The third-order valence-corrected chi connectivity index (χ3v) is 3.66. The van der Waals surface area contributed by atoms with Gasteiger partial charge in [0.25, 0.3) is 0 Å². The van der Waals surface area contributed by atoms with Gasteiger partial charge >= 0.3 is 0 Å². The van der Waals surface area contributed by atoms with Gasteiger partial charge in [0.2, 0.25) is 0 Å². The van der Waals surface area contributed by atoms with Crippen molar-refractivity contribution in [2.75, 3.05) is 24.7 Å². The summed E-state index contributed by atoms with van der Waals surface area (Å²) in [5.41, 5.74) is 0. The maximum atomic E-state index is 11.2. The van der Waals surface area contributed by atoms with Gasteiger partial charge in [-0.3, -0.25) is 4.21 Å². The van der Waals surface area contributed by atoms with Gasteiger partial charge in [-0.1, -0.05) is 6.92 Å². The number of pyridine rings is 1. The molecule has 1 aromatic rings. The fourth-order valence-corrected chi connectivity index (χ4v) is 1.53. The second-order valence-corrected chi connectivity index (χ2v) is 5.69. The molecule has 1 aromatic heterocycles. The maximum absolute atomic E-state index is 11.2. The summed E-state index contributed by atoms with van der Waals surface area (Å²) in [5, 5.41) is 3.27. The number of aromatic nitrogens is 1. The Morgan fingerprint density at radius 2 is 2.35 bits per heavy atom. The van der Waals surface area contributed by atoms with Crippen LogP contribution >= 0.6 is 0 Å². The third-order valence-electron chi connectivity index (χ3n) is 2.36. The summed E-state index contributed by atoms with van der Waals surface area (Å²) in [6.07, 6.45) is 4.39. The monoisotopic (exact) mass is 256 g/mol. The minimum absolute atomic E-state index is 0.0935. The van der Waals surface area contributed by atoms with Crippen LogP contribution in [0.15, 0.2) is 18.3 Å². The van der Waals surface area contributed by atoms with Gasteiger partial charge in [-0.25, -0.2) is 4.98 Å². The SMILES string of the molecule is CCCOc1cccnc1NCC(C)S(C)=O. The molecular formula is C12H20N2O2S. The summed E-state index contributed by atoms with van der Waals surface area (Å²) in [5.74, 6) is 1.47. The Labute approximate surface area is 105 Å². The van der Waals surface area contributed by atoms with E-state index in [1.165, 1.54) is 0 Å². The van der Waals surface area contributed by atoms with E-state index in [9.17, 15) is 4.21 Å². The molecule has 1 N–H and O–H groups in total. The summed E-state index contributed by atoms with van der Waals surface area (Å²) >= 11 is 0. The zero-order valence-corrected chi connectivity index (χ0v) is 11.4. The summed E-state index contributed by atoms with van der Waals surface area (Å²) in [6, 6.07) is 3.73. The van der Waals surface area contributed by atoms with Gasteiger partial charge in [-0.15, -0.1) is 0 Å². The number of anilines is 1. The molecule has 0 aliphatic heterocycles. The molecule has 0 aliphatic carbocycles. The van der Waals surface area contributed by atoms with Crippen molar-refractivity contribution in [1.29, 1.82) is 0 Å². The largest absolute Gasteiger partial charge is 0.490 e. The summed E-state index contributed by atoms with van der Waals surface area (Å²) in [6.45, 7) is 5.31. The number of ether oxygens (including phenoxy) is 1. The molecule has 17 heavy (non-hydrogen) atoms. The van der Waals surface area contributed by atoms with Crippen molar-refractivity contribution in [3.8, 4) is 5.75 Å². The normalized spacial score (nSPS) is 14.1. The van der Waals surface area contributed by atoms with Crippen LogP contribution in [-0.2, 0) is 10.8 Å². The van der Waals surface area contributed by atoms with Crippen molar-refractivity contribution in [2.24, 2.45) is 0 Å². The molecule has 0 aromatic carbocycles. The molecule has 0 saturated heterocycles. The van der Waals surface area contributed by atoms with E-state index in [1.54, 1.807) is 12.5 Å². The van der Waals surface area contributed by atoms with Gasteiger partial charge in [-0.2, -0.15) is 0 Å². The standard InChI is InChI=1S/C12H20N2O2S/c1-4-8-16-11-6-5-7-13-12(11)14-9-10(2)17(3)15/h5-7,10H,4,8-9H2,1-3H3,(H,13,14). The first-order valence-electron chi connectivity index (χ1n) is 5.79. The average Bonchev–Trinajstić information content (AvgIpc) is 2.34. The Morgan fingerprint density at radius 3 is 3.00 bits per heavy atom. The van der Waals surface area contributed by atoms with Crippen LogP contribution in [0.1, 0.15) is 20.3 Å². The van der Waals surface area contributed by atoms with Crippen LogP contribution in [0.2, 0.25) is 0 Å². The summed E-state index contributed by atoms with van der Waals surface area (Å²) in [4.78, 5) is 4.23. The van der Waals surface area contributed by atoms with Crippen molar-refractivity contribution in [3.63, 3.8) is 0 Å². The molecule has 96 valence electrons. The Morgan fingerprint density at radius 1 is 1.59 bits per heavy atom. The lowest BCUT2D eigenvalue weighted by molar-refractivity contribution is 0.318. The second kappa shape index (κ2) is 7.27. The van der Waals surface area contributed by atoms with Gasteiger partial charge in [-0.05, 0) is 25.5 Å². The maximum Gasteiger partial charge on any atom is 0.168 e. The Hall–Kier alpha value is -1.10. The average molecular weight is 256 g/mol. The zero-order chi connectivity index (χ0) is 12.7. The molecule has 1 rings (SSSR count). The van der Waals surface area contributed by atoms with Crippen LogP contribution in [0.5, 0.6) is 5.75 Å². The van der Waals surface area contributed by atoms with Gasteiger partial charge in [0.1, 0.15) is 0 Å². The molecule has 2 atom stereocenters. The molecule has 0 bridgehead atoms. The van der Waals surface area contributed by atoms with Gasteiger partial charge in [0, 0.05) is 35.0 Å². The highest BCUT2D eigenvalue weighted by Gasteiger charge is 2.08.